The van der Waals surface area contributed by atoms with Crippen LogP contribution in [-0.2, 0) is 4.79 Å². The van der Waals surface area contributed by atoms with Gasteiger partial charge in [0.25, 0.3) is 0 Å². The predicted octanol–water partition coefficient (Wildman–Crippen LogP) is 4.27. The summed E-state index contributed by atoms with van der Waals surface area (Å²) in [7, 11) is 0. The number of anilines is 2. The minimum Gasteiger partial charge on any atom is -0.385 e. The van der Waals surface area contributed by atoms with Gasteiger partial charge in [-0.2, -0.15) is 0 Å². The largest absolute Gasteiger partial charge is 0.385 e. The second kappa shape index (κ2) is 6.50. The molecule has 0 bridgehead atoms. The molecule has 0 atom stereocenters. The normalized spacial score (nSPS) is 25.4. The summed E-state index contributed by atoms with van der Waals surface area (Å²) in [5.41, 5.74) is 2.06. The lowest BCUT2D eigenvalue weighted by Gasteiger charge is -2.26. The highest BCUT2D eigenvalue weighted by Gasteiger charge is 2.29. The molecule has 21 heavy (non-hydrogen) atoms. The zero-order valence-electron chi connectivity index (χ0n) is 12.9. The van der Waals surface area contributed by atoms with E-state index in [4.69, 9.17) is 0 Å². The van der Waals surface area contributed by atoms with Crippen molar-refractivity contribution in [2.45, 2.75) is 45.4 Å². The molecular formula is C18H26N2O. The predicted molar refractivity (Wildman–Crippen MR) is 87.4 cm³/mol. The van der Waals surface area contributed by atoms with Crippen molar-refractivity contribution in [1.29, 1.82) is 0 Å². The fraction of sp³-hybridized carbons (Fsp3) is 0.611. The number of carbonyl (C=O) groups is 1. The fourth-order valence-corrected chi connectivity index (χ4v) is 3.06. The van der Waals surface area contributed by atoms with Gasteiger partial charge in [-0.1, -0.05) is 19.8 Å². The van der Waals surface area contributed by atoms with Gasteiger partial charge in [0.05, 0.1) is 0 Å². The fourth-order valence-electron chi connectivity index (χ4n) is 3.06. The number of amides is 1. The highest BCUT2D eigenvalue weighted by Crippen LogP contribution is 2.30. The van der Waals surface area contributed by atoms with Gasteiger partial charge in [0.15, 0.2) is 0 Å². The van der Waals surface area contributed by atoms with E-state index in [9.17, 15) is 4.79 Å². The van der Waals surface area contributed by atoms with Crippen molar-refractivity contribution in [2.75, 3.05) is 17.2 Å². The quantitative estimate of drug-likeness (QED) is 0.848. The van der Waals surface area contributed by atoms with Crippen LogP contribution >= 0.6 is 0 Å². The number of hydrogen-bond donors (Lipinski definition) is 2. The lowest BCUT2D eigenvalue weighted by atomic mass is 9.83. The summed E-state index contributed by atoms with van der Waals surface area (Å²) in [5, 5.41) is 6.51. The SMILES string of the molecule is CC1CCC(CNc2ccc(NC(=O)C3CC3)cc2)CC1. The van der Waals surface area contributed by atoms with Gasteiger partial charge < -0.3 is 10.6 Å². The van der Waals surface area contributed by atoms with E-state index >= 15 is 0 Å². The van der Waals surface area contributed by atoms with Crippen LogP contribution in [0.15, 0.2) is 24.3 Å². The van der Waals surface area contributed by atoms with Gasteiger partial charge in [-0.15, -0.1) is 0 Å². The van der Waals surface area contributed by atoms with E-state index in [2.05, 4.69) is 29.7 Å². The molecule has 3 rings (SSSR count). The molecule has 1 aromatic rings. The lowest BCUT2D eigenvalue weighted by molar-refractivity contribution is -0.117. The molecule has 0 saturated heterocycles. The van der Waals surface area contributed by atoms with Gasteiger partial charge >= 0.3 is 0 Å². The maximum atomic E-state index is 11.7. The minimum atomic E-state index is 0.173. The van der Waals surface area contributed by atoms with Crippen molar-refractivity contribution in [3.8, 4) is 0 Å². The summed E-state index contributed by atoms with van der Waals surface area (Å²) >= 11 is 0. The number of benzene rings is 1. The third-order valence-corrected chi connectivity index (χ3v) is 4.83. The average Bonchev–Trinajstić information content (AvgIpc) is 3.33. The molecule has 0 heterocycles. The van der Waals surface area contributed by atoms with Gasteiger partial charge in [0.1, 0.15) is 0 Å². The van der Waals surface area contributed by atoms with Crippen LogP contribution < -0.4 is 10.6 Å². The van der Waals surface area contributed by atoms with E-state index in [1.54, 1.807) is 0 Å². The number of carbonyl (C=O) groups excluding carboxylic acids is 1. The second-order valence-corrected chi connectivity index (χ2v) is 6.85. The molecule has 2 aliphatic carbocycles. The van der Waals surface area contributed by atoms with Gasteiger partial charge in [0.2, 0.25) is 5.91 Å². The van der Waals surface area contributed by atoms with E-state index < -0.39 is 0 Å². The highest BCUT2D eigenvalue weighted by molar-refractivity contribution is 5.94. The van der Waals surface area contributed by atoms with E-state index in [1.165, 1.54) is 25.7 Å². The van der Waals surface area contributed by atoms with Crippen LogP contribution in [-0.4, -0.2) is 12.5 Å². The van der Waals surface area contributed by atoms with E-state index in [1.807, 2.05) is 12.1 Å². The van der Waals surface area contributed by atoms with Gasteiger partial charge in [-0.25, -0.2) is 0 Å². The molecular weight excluding hydrogens is 260 g/mol. The summed E-state index contributed by atoms with van der Waals surface area (Å²) in [6.45, 7) is 3.43. The molecule has 2 fully saturated rings. The Bertz CT molecular complexity index is 470. The van der Waals surface area contributed by atoms with Crippen molar-refractivity contribution in [3.05, 3.63) is 24.3 Å². The average molecular weight is 286 g/mol. The van der Waals surface area contributed by atoms with E-state index in [0.717, 1.165) is 42.6 Å². The van der Waals surface area contributed by atoms with Crippen molar-refractivity contribution >= 4 is 17.3 Å². The number of hydrogen-bond acceptors (Lipinski definition) is 2. The lowest BCUT2D eigenvalue weighted by Crippen LogP contribution is -2.20. The van der Waals surface area contributed by atoms with Crippen LogP contribution in [0.25, 0.3) is 0 Å². The maximum absolute atomic E-state index is 11.7. The summed E-state index contributed by atoms with van der Waals surface area (Å²) in [5.74, 6) is 2.16. The molecule has 2 N–H and O–H groups in total. The first-order valence-corrected chi connectivity index (χ1v) is 8.35. The van der Waals surface area contributed by atoms with Crippen molar-refractivity contribution < 1.29 is 4.79 Å². The van der Waals surface area contributed by atoms with Crippen molar-refractivity contribution in [3.63, 3.8) is 0 Å². The third-order valence-electron chi connectivity index (χ3n) is 4.83. The summed E-state index contributed by atoms with van der Waals surface area (Å²) < 4.78 is 0. The van der Waals surface area contributed by atoms with Crippen LogP contribution in [0.2, 0.25) is 0 Å². The first-order chi connectivity index (χ1) is 10.2. The zero-order valence-corrected chi connectivity index (χ0v) is 12.9. The molecule has 2 saturated carbocycles. The van der Waals surface area contributed by atoms with Gasteiger partial charge in [0, 0.05) is 23.8 Å². The Hall–Kier alpha value is -1.51. The Kier molecular flexibility index (Phi) is 4.47. The number of rotatable bonds is 5. The molecule has 3 heteroatoms. The third kappa shape index (κ3) is 4.23. The summed E-state index contributed by atoms with van der Waals surface area (Å²) in [6.07, 6.45) is 7.54. The zero-order chi connectivity index (χ0) is 14.7. The highest BCUT2D eigenvalue weighted by atomic mass is 16.2. The molecule has 0 aliphatic heterocycles. The molecule has 1 amide bonds. The molecule has 0 radical (unpaired) electrons. The monoisotopic (exact) mass is 286 g/mol. The van der Waals surface area contributed by atoms with Crippen LogP contribution in [0.1, 0.15) is 45.4 Å². The molecule has 0 aromatic heterocycles. The molecule has 0 spiro atoms. The second-order valence-electron chi connectivity index (χ2n) is 6.85. The maximum Gasteiger partial charge on any atom is 0.227 e. The molecule has 1 aromatic carbocycles. The van der Waals surface area contributed by atoms with Gasteiger partial charge in [-0.05, 0) is 61.8 Å². The van der Waals surface area contributed by atoms with E-state index in [-0.39, 0.29) is 11.8 Å². The van der Waals surface area contributed by atoms with Crippen LogP contribution in [0.3, 0.4) is 0 Å². The Morgan fingerprint density at radius 2 is 1.62 bits per heavy atom. The van der Waals surface area contributed by atoms with Crippen molar-refractivity contribution in [1.82, 2.24) is 0 Å². The topological polar surface area (TPSA) is 41.1 Å². The Morgan fingerprint density at radius 1 is 1.00 bits per heavy atom. The number of nitrogens with one attached hydrogen (secondary N) is 2. The van der Waals surface area contributed by atoms with Crippen LogP contribution in [0, 0.1) is 17.8 Å². The Morgan fingerprint density at radius 3 is 2.24 bits per heavy atom. The first kappa shape index (κ1) is 14.4. The molecule has 0 unspecified atom stereocenters. The van der Waals surface area contributed by atoms with Crippen LogP contribution in [0.4, 0.5) is 11.4 Å². The van der Waals surface area contributed by atoms with Crippen molar-refractivity contribution in [2.24, 2.45) is 17.8 Å². The Labute approximate surface area is 127 Å². The first-order valence-electron chi connectivity index (χ1n) is 8.35. The standard InChI is InChI=1S/C18H26N2O/c1-13-2-4-14(5-3-13)12-19-16-8-10-17(11-9-16)20-18(21)15-6-7-15/h8-11,13-15,19H,2-7,12H2,1H3,(H,20,21). The molecule has 3 nitrogen and oxygen atoms in total. The Balaban J connectivity index is 1.44. The minimum absolute atomic E-state index is 0.173. The smallest absolute Gasteiger partial charge is 0.227 e. The molecule has 2 aliphatic rings. The van der Waals surface area contributed by atoms with E-state index in [0.29, 0.717) is 0 Å². The summed E-state index contributed by atoms with van der Waals surface area (Å²) in [6, 6.07) is 8.11. The molecule has 114 valence electrons. The van der Waals surface area contributed by atoms with Crippen LogP contribution in [0.5, 0.6) is 0 Å². The summed E-state index contributed by atoms with van der Waals surface area (Å²) in [4.78, 5) is 11.7. The van der Waals surface area contributed by atoms with Gasteiger partial charge in [-0.3, -0.25) is 4.79 Å².